The molecule has 0 bridgehead atoms. The van der Waals surface area contributed by atoms with Gasteiger partial charge in [-0.05, 0) is 12.1 Å². The Hall–Kier alpha value is -2.63. The molecule has 0 radical (unpaired) electrons. The first kappa shape index (κ1) is 13.4. The highest BCUT2D eigenvalue weighted by atomic mass is 14.7. The van der Waals surface area contributed by atoms with E-state index in [1.807, 2.05) is 0 Å². The summed E-state index contributed by atoms with van der Waals surface area (Å²) in [4.78, 5) is 3.96. The Bertz CT molecular complexity index is 543. The number of hydrogen-bond donors (Lipinski definition) is 5. The van der Waals surface area contributed by atoms with E-state index in [-0.39, 0.29) is 29.2 Å². The summed E-state index contributed by atoms with van der Waals surface area (Å²) in [5, 5.41) is 30.0. The lowest BCUT2D eigenvalue weighted by Crippen LogP contribution is -2.16. The zero-order valence-corrected chi connectivity index (χ0v) is 9.75. The van der Waals surface area contributed by atoms with E-state index < -0.39 is 0 Å². The van der Waals surface area contributed by atoms with Gasteiger partial charge in [0.15, 0.2) is 0 Å². The number of aromatic nitrogens is 1. The third-order valence-corrected chi connectivity index (χ3v) is 2.29. The maximum Gasteiger partial charge on any atom is 0.0887 e. The molecule has 0 saturated heterocycles. The first-order valence-electron chi connectivity index (χ1n) is 5.13. The Balaban J connectivity index is 3.19. The minimum atomic E-state index is -0.0588. The van der Waals surface area contributed by atoms with Crippen molar-refractivity contribution in [2.75, 3.05) is 5.73 Å². The summed E-state index contributed by atoms with van der Waals surface area (Å²) < 4.78 is 0. The van der Waals surface area contributed by atoms with Gasteiger partial charge in [0, 0.05) is 18.2 Å². The predicted molar refractivity (Wildman–Crippen MR) is 73.6 cm³/mol. The van der Waals surface area contributed by atoms with E-state index >= 15 is 0 Å². The molecule has 0 fully saturated rings. The molecule has 0 spiro atoms. The molecule has 0 aliphatic heterocycles. The van der Waals surface area contributed by atoms with Crippen LogP contribution < -0.4 is 5.73 Å². The molecule has 92 valence electrons. The van der Waals surface area contributed by atoms with Crippen molar-refractivity contribution in [2.24, 2.45) is 0 Å². The first-order chi connectivity index (χ1) is 8.51. The second-order valence-corrected chi connectivity index (χ2v) is 3.54. The molecule has 6 nitrogen and oxygen atoms in total. The largest absolute Gasteiger partial charge is 0.397 e. The molecule has 0 unspecified atom stereocenters. The molecule has 6 N–H and O–H groups in total. The fourth-order valence-electron chi connectivity index (χ4n) is 1.30. The van der Waals surface area contributed by atoms with Gasteiger partial charge in [-0.1, -0.05) is 6.58 Å². The van der Waals surface area contributed by atoms with Crippen molar-refractivity contribution in [3.63, 3.8) is 0 Å². The van der Waals surface area contributed by atoms with Gasteiger partial charge in [-0.2, -0.15) is 0 Å². The average molecular weight is 242 g/mol. The Morgan fingerprint density at radius 1 is 1.39 bits per heavy atom. The smallest absolute Gasteiger partial charge is 0.0887 e. The predicted octanol–water partition coefficient (Wildman–Crippen LogP) is 1.64. The SMILES string of the molecule is C=CC(=N)c1cc(C(=N)C(=N)CC=N)c(N)cn1. The highest BCUT2D eigenvalue weighted by molar-refractivity contribution is 6.48. The number of nitrogen functional groups attached to an aromatic ring is 1. The third-order valence-electron chi connectivity index (χ3n) is 2.29. The molecule has 0 aromatic carbocycles. The zero-order chi connectivity index (χ0) is 13.7. The van der Waals surface area contributed by atoms with Crippen molar-refractivity contribution in [1.82, 2.24) is 4.98 Å². The summed E-state index contributed by atoms with van der Waals surface area (Å²) in [5.41, 5.74) is 6.75. The van der Waals surface area contributed by atoms with Crippen LogP contribution in [0, 0.1) is 21.6 Å². The molecule has 0 aliphatic rings. The van der Waals surface area contributed by atoms with Gasteiger partial charge >= 0.3 is 0 Å². The minimum absolute atomic E-state index is 0.000941. The standard InChI is InChI=1S/C12H14N6/c1-2-8(14)11-5-7(10(16)6-18-11)12(17)9(15)3-4-13/h2,4-6,13-15,17H,1,3,16H2. The lowest BCUT2D eigenvalue weighted by molar-refractivity contribution is 1.27. The molecule has 1 aromatic rings. The number of rotatable bonds is 6. The lowest BCUT2D eigenvalue weighted by atomic mass is 10.0. The van der Waals surface area contributed by atoms with E-state index in [9.17, 15) is 0 Å². The highest BCUT2D eigenvalue weighted by Crippen LogP contribution is 2.14. The molecule has 1 heterocycles. The maximum absolute atomic E-state index is 7.84. The highest BCUT2D eigenvalue weighted by Gasteiger charge is 2.13. The van der Waals surface area contributed by atoms with E-state index in [4.69, 9.17) is 27.4 Å². The topological polar surface area (TPSA) is 134 Å². The number of hydrogen-bond acceptors (Lipinski definition) is 6. The molecule has 0 amide bonds. The number of anilines is 1. The van der Waals surface area contributed by atoms with Crippen LogP contribution >= 0.6 is 0 Å². The number of allylic oxidation sites excluding steroid dienone is 1. The van der Waals surface area contributed by atoms with Crippen LogP contribution in [0.3, 0.4) is 0 Å². The van der Waals surface area contributed by atoms with Crippen LogP contribution in [0.1, 0.15) is 17.7 Å². The summed E-state index contributed by atoms with van der Waals surface area (Å²) in [5.74, 6) is 0. The van der Waals surface area contributed by atoms with Crippen LogP contribution in [-0.2, 0) is 0 Å². The van der Waals surface area contributed by atoms with Gasteiger partial charge in [-0.25, -0.2) is 0 Å². The van der Waals surface area contributed by atoms with Crippen LogP contribution in [-0.4, -0.2) is 28.3 Å². The quantitative estimate of drug-likeness (QED) is 0.485. The average Bonchev–Trinajstić information content (AvgIpc) is 2.37. The molecule has 6 heteroatoms. The lowest BCUT2D eigenvalue weighted by Gasteiger charge is -2.09. The van der Waals surface area contributed by atoms with Crippen LogP contribution in [0.4, 0.5) is 5.69 Å². The molecule has 0 atom stereocenters. The van der Waals surface area contributed by atoms with Crippen LogP contribution in [0.5, 0.6) is 0 Å². The van der Waals surface area contributed by atoms with Crippen molar-refractivity contribution >= 4 is 29.0 Å². The molecular formula is C12H14N6. The van der Waals surface area contributed by atoms with Crippen LogP contribution in [0.25, 0.3) is 0 Å². The van der Waals surface area contributed by atoms with E-state index in [1.165, 1.54) is 18.3 Å². The van der Waals surface area contributed by atoms with Gasteiger partial charge in [0.2, 0.25) is 0 Å². The molecule has 1 rings (SSSR count). The number of nitrogens with one attached hydrogen (secondary N) is 4. The molecule has 0 aliphatic carbocycles. The number of nitrogens with zero attached hydrogens (tertiary/aromatic N) is 1. The van der Waals surface area contributed by atoms with Crippen molar-refractivity contribution in [1.29, 1.82) is 21.6 Å². The van der Waals surface area contributed by atoms with Crippen molar-refractivity contribution < 1.29 is 0 Å². The monoisotopic (exact) mass is 242 g/mol. The van der Waals surface area contributed by atoms with Crippen LogP contribution in [0.2, 0.25) is 0 Å². The van der Waals surface area contributed by atoms with Crippen LogP contribution in [0.15, 0.2) is 24.9 Å². The summed E-state index contributed by atoms with van der Waals surface area (Å²) in [6, 6.07) is 1.49. The second kappa shape index (κ2) is 5.62. The molecule has 1 aromatic heterocycles. The summed E-state index contributed by atoms with van der Waals surface area (Å²) >= 11 is 0. The first-order valence-corrected chi connectivity index (χ1v) is 5.13. The van der Waals surface area contributed by atoms with Gasteiger partial charge in [0.25, 0.3) is 0 Å². The summed E-state index contributed by atoms with van der Waals surface area (Å²) in [6.45, 7) is 3.48. The van der Waals surface area contributed by atoms with E-state index in [0.29, 0.717) is 11.3 Å². The van der Waals surface area contributed by atoms with Gasteiger partial charge in [0.05, 0.1) is 34.7 Å². The van der Waals surface area contributed by atoms with Crippen molar-refractivity contribution in [3.05, 3.63) is 36.2 Å². The Labute approximate surface area is 105 Å². The zero-order valence-electron chi connectivity index (χ0n) is 9.75. The number of pyridine rings is 1. The second-order valence-electron chi connectivity index (χ2n) is 3.54. The fraction of sp³-hybridized carbons (Fsp3) is 0.0833. The van der Waals surface area contributed by atoms with E-state index in [1.54, 1.807) is 0 Å². The van der Waals surface area contributed by atoms with Crippen molar-refractivity contribution in [3.8, 4) is 0 Å². The fourth-order valence-corrected chi connectivity index (χ4v) is 1.30. The maximum atomic E-state index is 7.84. The van der Waals surface area contributed by atoms with Gasteiger partial charge < -0.3 is 16.6 Å². The van der Waals surface area contributed by atoms with E-state index in [2.05, 4.69) is 11.6 Å². The van der Waals surface area contributed by atoms with Gasteiger partial charge in [-0.3, -0.25) is 15.8 Å². The molecule has 0 saturated carbocycles. The third kappa shape index (κ3) is 2.73. The summed E-state index contributed by atoms with van der Waals surface area (Å²) in [6.07, 6.45) is 3.83. The molecular weight excluding hydrogens is 228 g/mol. The number of nitrogens with two attached hydrogens (primary N) is 1. The van der Waals surface area contributed by atoms with E-state index in [0.717, 1.165) is 6.21 Å². The van der Waals surface area contributed by atoms with Gasteiger partial charge in [-0.15, -0.1) is 0 Å². The Morgan fingerprint density at radius 3 is 2.61 bits per heavy atom. The summed E-state index contributed by atoms with van der Waals surface area (Å²) in [7, 11) is 0. The molecule has 18 heavy (non-hydrogen) atoms. The minimum Gasteiger partial charge on any atom is -0.397 e. The van der Waals surface area contributed by atoms with Gasteiger partial charge in [0.1, 0.15) is 0 Å². The normalized spacial score (nSPS) is 9.56. The Kier molecular flexibility index (Phi) is 4.20. The van der Waals surface area contributed by atoms with Crippen molar-refractivity contribution in [2.45, 2.75) is 6.42 Å². The Morgan fingerprint density at radius 2 is 2.06 bits per heavy atom.